The Bertz CT molecular complexity index is 472. The van der Waals surface area contributed by atoms with Crippen molar-refractivity contribution >= 4 is 11.7 Å². The lowest BCUT2D eigenvalue weighted by atomic mass is 10.2. The monoisotopic (exact) mass is 250 g/mol. The predicted octanol–water partition coefficient (Wildman–Crippen LogP) is 1.80. The number of alkyl halides is 3. The average Bonchev–Trinajstić information content (AvgIpc) is 2.25. The third kappa shape index (κ3) is 2.68. The standard InChI is InChI=1S/C8H5F3N2O4/c1-17-7(14)5-2-6(13(15)16)4(3-12-5)8(9,10)11/h2-3H,1H3. The van der Waals surface area contributed by atoms with Gasteiger partial charge in [0.1, 0.15) is 0 Å². The molecule has 0 aromatic carbocycles. The van der Waals surface area contributed by atoms with Gasteiger partial charge in [0.25, 0.3) is 5.69 Å². The Morgan fingerprint density at radius 1 is 1.53 bits per heavy atom. The summed E-state index contributed by atoms with van der Waals surface area (Å²) in [5, 5.41) is 10.5. The lowest BCUT2D eigenvalue weighted by Gasteiger charge is -2.07. The minimum absolute atomic E-state index is 0.227. The highest BCUT2D eigenvalue weighted by molar-refractivity contribution is 5.87. The molecule has 0 fully saturated rings. The van der Waals surface area contributed by atoms with E-state index in [2.05, 4.69) is 9.72 Å². The molecule has 9 heteroatoms. The highest BCUT2D eigenvalue weighted by atomic mass is 19.4. The maximum absolute atomic E-state index is 12.4. The highest BCUT2D eigenvalue weighted by Gasteiger charge is 2.39. The van der Waals surface area contributed by atoms with Gasteiger partial charge >= 0.3 is 12.1 Å². The Hall–Kier alpha value is -2.19. The van der Waals surface area contributed by atoms with Gasteiger partial charge in [-0.15, -0.1) is 0 Å². The van der Waals surface area contributed by atoms with Crippen molar-refractivity contribution in [1.29, 1.82) is 0 Å². The van der Waals surface area contributed by atoms with E-state index in [9.17, 15) is 28.1 Å². The number of hydrogen-bond donors (Lipinski definition) is 0. The maximum atomic E-state index is 12.4. The van der Waals surface area contributed by atoms with Crippen molar-refractivity contribution in [2.45, 2.75) is 6.18 Å². The van der Waals surface area contributed by atoms with Crippen LogP contribution in [0.2, 0.25) is 0 Å². The molecule has 0 aliphatic rings. The number of methoxy groups -OCH3 is 1. The first-order chi connectivity index (χ1) is 7.77. The first kappa shape index (κ1) is 12.9. The molecular weight excluding hydrogens is 245 g/mol. The normalized spacial score (nSPS) is 11.1. The second-order valence-electron chi connectivity index (χ2n) is 2.83. The third-order valence-electron chi connectivity index (χ3n) is 1.78. The SMILES string of the molecule is COC(=O)c1cc([N+](=O)[O-])c(C(F)(F)F)cn1. The van der Waals surface area contributed by atoms with E-state index >= 15 is 0 Å². The number of carbonyl (C=O) groups excluding carboxylic acids is 1. The number of hydrogen-bond acceptors (Lipinski definition) is 5. The zero-order valence-corrected chi connectivity index (χ0v) is 8.32. The number of halogens is 3. The molecule has 0 spiro atoms. The molecule has 0 radical (unpaired) electrons. The third-order valence-corrected chi connectivity index (χ3v) is 1.78. The quantitative estimate of drug-likeness (QED) is 0.454. The average molecular weight is 250 g/mol. The summed E-state index contributed by atoms with van der Waals surface area (Å²) in [4.78, 5) is 23.3. The fourth-order valence-corrected chi connectivity index (χ4v) is 1.03. The van der Waals surface area contributed by atoms with Crippen LogP contribution in [-0.4, -0.2) is 23.0 Å². The predicted molar refractivity (Wildman–Crippen MR) is 47.2 cm³/mol. The van der Waals surface area contributed by atoms with Gasteiger partial charge in [0.2, 0.25) is 0 Å². The van der Waals surface area contributed by atoms with Crippen molar-refractivity contribution < 1.29 is 27.6 Å². The van der Waals surface area contributed by atoms with Crippen molar-refractivity contribution in [2.24, 2.45) is 0 Å². The van der Waals surface area contributed by atoms with Crippen LogP contribution in [0.3, 0.4) is 0 Å². The lowest BCUT2D eigenvalue weighted by Crippen LogP contribution is -2.12. The van der Waals surface area contributed by atoms with Crippen LogP contribution in [0.25, 0.3) is 0 Å². The Morgan fingerprint density at radius 2 is 2.12 bits per heavy atom. The molecule has 0 N–H and O–H groups in total. The molecule has 92 valence electrons. The summed E-state index contributed by atoms with van der Waals surface area (Å²) in [7, 11) is 0.980. The molecular formula is C8H5F3N2O4. The molecule has 0 saturated heterocycles. The van der Waals surface area contributed by atoms with Gasteiger partial charge in [-0.25, -0.2) is 9.78 Å². The smallest absolute Gasteiger partial charge is 0.424 e. The van der Waals surface area contributed by atoms with E-state index in [1.54, 1.807) is 0 Å². The topological polar surface area (TPSA) is 82.3 Å². The number of ether oxygens (including phenoxy) is 1. The van der Waals surface area contributed by atoms with E-state index in [0.717, 1.165) is 7.11 Å². The maximum Gasteiger partial charge on any atom is 0.424 e. The second kappa shape index (κ2) is 4.36. The molecule has 0 aliphatic carbocycles. The molecule has 0 atom stereocenters. The number of carbonyl (C=O) groups is 1. The molecule has 0 amide bonds. The van der Waals surface area contributed by atoms with Crippen molar-refractivity contribution in [2.75, 3.05) is 7.11 Å². The summed E-state index contributed by atoms with van der Waals surface area (Å²) in [5.74, 6) is -1.05. The summed E-state index contributed by atoms with van der Waals surface area (Å²) in [5.41, 5.74) is -3.32. The molecule has 0 unspecified atom stereocenters. The fraction of sp³-hybridized carbons (Fsp3) is 0.250. The number of rotatable bonds is 2. The van der Waals surface area contributed by atoms with E-state index in [-0.39, 0.29) is 6.20 Å². The van der Waals surface area contributed by atoms with Gasteiger partial charge in [0.15, 0.2) is 11.3 Å². The molecule has 6 nitrogen and oxygen atoms in total. The summed E-state index contributed by atoms with van der Waals surface area (Å²) in [6.45, 7) is 0. The summed E-state index contributed by atoms with van der Waals surface area (Å²) < 4.78 is 41.3. The van der Waals surface area contributed by atoms with Crippen LogP contribution in [-0.2, 0) is 10.9 Å². The van der Waals surface area contributed by atoms with Gasteiger partial charge in [0.05, 0.1) is 12.0 Å². The molecule has 0 saturated carbocycles. The van der Waals surface area contributed by atoms with Crippen molar-refractivity contribution in [1.82, 2.24) is 4.98 Å². The molecule has 1 aromatic rings. The van der Waals surface area contributed by atoms with Gasteiger partial charge in [0, 0.05) is 12.3 Å². The van der Waals surface area contributed by atoms with E-state index in [0.29, 0.717) is 6.07 Å². The van der Waals surface area contributed by atoms with Gasteiger partial charge in [-0.05, 0) is 0 Å². The van der Waals surface area contributed by atoms with Gasteiger partial charge in [-0.2, -0.15) is 13.2 Å². The molecule has 1 aromatic heterocycles. The van der Waals surface area contributed by atoms with Crippen molar-refractivity contribution in [3.63, 3.8) is 0 Å². The Morgan fingerprint density at radius 3 is 2.53 bits per heavy atom. The summed E-state index contributed by atoms with van der Waals surface area (Å²) >= 11 is 0. The van der Waals surface area contributed by atoms with Gasteiger partial charge < -0.3 is 4.74 Å². The van der Waals surface area contributed by atoms with E-state index in [4.69, 9.17) is 0 Å². The Balaban J connectivity index is 3.37. The first-order valence-corrected chi connectivity index (χ1v) is 4.07. The molecule has 17 heavy (non-hydrogen) atoms. The first-order valence-electron chi connectivity index (χ1n) is 4.07. The fourth-order valence-electron chi connectivity index (χ4n) is 1.03. The van der Waals surface area contributed by atoms with Gasteiger partial charge in [-0.3, -0.25) is 10.1 Å². The molecule has 0 aliphatic heterocycles. The van der Waals surface area contributed by atoms with E-state index in [1.807, 2.05) is 0 Å². The lowest BCUT2D eigenvalue weighted by molar-refractivity contribution is -0.388. The largest absolute Gasteiger partial charge is 0.464 e. The Kier molecular flexibility index (Phi) is 3.30. The van der Waals surface area contributed by atoms with Crippen molar-refractivity contribution in [3.05, 3.63) is 33.6 Å². The zero-order chi connectivity index (χ0) is 13.2. The van der Waals surface area contributed by atoms with Crippen LogP contribution in [0.5, 0.6) is 0 Å². The molecule has 0 bridgehead atoms. The second-order valence-corrected chi connectivity index (χ2v) is 2.83. The van der Waals surface area contributed by atoms with Crippen LogP contribution in [0.1, 0.15) is 16.1 Å². The number of pyridine rings is 1. The van der Waals surface area contributed by atoms with Crippen LogP contribution in [0, 0.1) is 10.1 Å². The molecule has 1 rings (SSSR count). The minimum Gasteiger partial charge on any atom is -0.464 e. The number of nitrogens with zero attached hydrogens (tertiary/aromatic N) is 2. The highest BCUT2D eigenvalue weighted by Crippen LogP contribution is 2.35. The van der Waals surface area contributed by atoms with Crippen LogP contribution in [0.4, 0.5) is 18.9 Å². The zero-order valence-electron chi connectivity index (χ0n) is 8.32. The number of nitro groups is 1. The molecule has 1 heterocycles. The number of esters is 1. The number of aromatic nitrogens is 1. The van der Waals surface area contributed by atoms with Gasteiger partial charge in [-0.1, -0.05) is 0 Å². The van der Waals surface area contributed by atoms with Crippen LogP contribution < -0.4 is 0 Å². The van der Waals surface area contributed by atoms with Crippen molar-refractivity contribution in [3.8, 4) is 0 Å². The van der Waals surface area contributed by atoms with E-state index in [1.165, 1.54) is 0 Å². The Labute approximate surface area is 92.2 Å². The van der Waals surface area contributed by atoms with Crippen LogP contribution in [0.15, 0.2) is 12.3 Å². The summed E-state index contributed by atoms with van der Waals surface area (Å²) in [6, 6.07) is 0.425. The van der Waals surface area contributed by atoms with Crippen LogP contribution >= 0.6 is 0 Å². The summed E-state index contributed by atoms with van der Waals surface area (Å²) in [6.07, 6.45) is -4.69. The minimum atomic E-state index is -4.91. The van der Waals surface area contributed by atoms with E-state index < -0.39 is 34.0 Å².